The van der Waals surface area contributed by atoms with Crippen molar-refractivity contribution in [2.45, 2.75) is 6.10 Å². The van der Waals surface area contributed by atoms with Crippen molar-refractivity contribution in [2.24, 2.45) is 0 Å². The standard InChI is InChI=1S/C12H8BrNOS/c13-10-5-6-16-12(10)11(15)9-3-1-8(7-14)2-4-9/h1-6,11,15H. The first-order valence-electron chi connectivity index (χ1n) is 4.63. The molecule has 0 amide bonds. The Morgan fingerprint density at radius 3 is 2.44 bits per heavy atom. The van der Waals surface area contributed by atoms with Crippen molar-refractivity contribution < 1.29 is 5.11 Å². The van der Waals surface area contributed by atoms with Gasteiger partial charge in [-0.2, -0.15) is 5.26 Å². The summed E-state index contributed by atoms with van der Waals surface area (Å²) in [6.45, 7) is 0. The third-order valence-corrected chi connectivity index (χ3v) is 4.17. The van der Waals surface area contributed by atoms with E-state index in [4.69, 9.17) is 5.26 Å². The topological polar surface area (TPSA) is 44.0 Å². The second kappa shape index (κ2) is 4.79. The first kappa shape index (κ1) is 11.3. The van der Waals surface area contributed by atoms with E-state index in [0.717, 1.165) is 14.9 Å². The van der Waals surface area contributed by atoms with Crippen LogP contribution in [0, 0.1) is 11.3 Å². The van der Waals surface area contributed by atoms with Crippen LogP contribution in [0.2, 0.25) is 0 Å². The summed E-state index contributed by atoms with van der Waals surface area (Å²) in [5.74, 6) is 0. The van der Waals surface area contributed by atoms with E-state index in [9.17, 15) is 5.11 Å². The molecule has 2 nitrogen and oxygen atoms in total. The van der Waals surface area contributed by atoms with Crippen molar-refractivity contribution in [1.29, 1.82) is 5.26 Å². The first-order chi connectivity index (χ1) is 7.72. The maximum atomic E-state index is 10.1. The van der Waals surface area contributed by atoms with Crippen LogP contribution in [0.15, 0.2) is 40.2 Å². The lowest BCUT2D eigenvalue weighted by atomic mass is 10.1. The molecule has 0 fully saturated rings. The van der Waals surface area contributed by atoms with E-state index in [1.807, 2.05) is 11.4 Å². The van der Waals surface area contributed by atoms with Gasteiger partial charge in [0, 0.05) is 4.47 Å². The molecule has 0 bridgehead atoms. The van der Waals surface area contributed by atoms with Crippen LogP contribution in [0.4, 0.5) is 0 Å². The smallest absolute Gasteiger partial charge is 0.114 e. The number of rotatable bonds is 2. The highest BCUT2D eigenvalue weighted by atomic mass is 79.9. The monoisotopic (exact) mass is 293 g/mol. The van der Waals surface area contributed by atoms with Crippen LogP contribution in [0.25, 0.3) is 0 Å². The number of aliphatic hydroxyl groups excluding tert-OH is 1. The minimum atomic E-state index is -0.637. The molecule has 1 aromatic carbocycles. The summed E-state index contributed by atoms with van der Waals surface area (Å²) in [6, 6.07) is 10.9. The Morgan fingerprint density at radius 2 is 1.94 bits per heavy atom. The minimum Gasteiger partial charge on any atom is -0.383 e. The molecule has 4 heteroatoms. The van der Waals surface area contributed by atoms with Crippen LogP contribution in [0.5, 0.6) is 0 Å². The maximum absolute atomic E-state index is 10.1. The highest BCUT2D eigenvalue weighted by Gasteiger charge is 2.14. The zero-order valence-corrected chi connectivity index (χ0v) is 10.6. The number of halogens is 1. The minimum absolute atomic E-state index is 0.598. The van der Waals surface area contributed by atoms with E-state index in [0.29, 0.717) is 5.56 Å². The Hall–Kier alpha value is -1.15. The second-order valence-corrected chi connectivity index (χ2v) is 5.07. The van der Waals surface area contributed by atoms with Crippen LogP contribution in [0.1, 0.15) is 22.1 Å². The van der Waals surface area contributed by atoms with Gasteiger partial charge in [0.15, 0.2) is 0 Å². The van der Waals surface area contributed by atoms with Crippen LogP contribution in [0.3, 0.4) is 0 Å². The molecule has 1 atom stereocenters. The lowest BCUT2D eigenvalue weighted by molar-refractivity contribution is 0.223. The predicted molar refractivity (Wildman–Crippen MR) is 67.2 cm³/mol. The Kier molecular flexibility index (Phi) is 3.39. The summed E-state index contributed by atoms with van der Waals surface area (Å²) in [6.07, 6.45) is -0.637. The second-order valence-electron chi connectivity index (χ2n) is 3.27. The predicted octanol–water partition coefficient (Wildman–Crippen LogP) is 3.46. The fraction of sp³-hybridized carbons (Fsp3) is 0.0833. The molecule has 0 spiro atoms. The van der Waals surface area contributed by atoms with Crippen LogP contribution < -0.4 is 0 Å². The zero-order chi connectivity index (χ0) is 11.5. The molecule has 0 saturated carbocycles. The number of nitriles is 1. The summed E-state index contributed by atoms with van der Waals surface area (Å²) < 4.78 is 0.911. The molecule has 0 aliphatic rings. The van der Waals surface area contributed by atoms with E-state index in [2.05, 4.69) is 22.0 Å². The average molecular weight is 294 g/mol. The zero-order valence-electron chi connectivity index (χ0n) is 8.22. The quantitative estimate of drug-likeness (QED) is 0.921. The van der Waals surface area contributed by atoms with E-state index in [1.54, 1.807) is 24.3 Å². The number of hydrogen-bond acceptors (Lipinski definition) is 3. The van der Waals surface area contributed by atoms with Crippen molar-refractivity contribution in [2.75, 3.05) is 0 Å². The number of hydrogen-bond donors (Lipinski definition) is 1. The van der Waals surface area contributed by atoms with Gasteiger partial charge in [0.05, 0.1) is 16.5 Å². The Balaban J connectivity index is 2.31. The SMILES string of the molecule is N#Cc1ccc(C(O)c2sccc2Br)cc1. The van der Waals surface area contributed by atoms with Gasteiger partial charge in [0.1, 0.15) is 6.10 Å². The van der Waals surface area contributed by atoms with Crippen LogP contribution in [-0.4, -0.2) is 5.11 Å². The third kappa shape index (κ3) is 2.17. The van der Waals surface area contributed by atoms with Gasteiger partial charge in [-0.25, -0.2) is 0 Å². The summed E-state index contributed by atoms with van der Waals surface area (Å²) >= 11 is 4.89. The van der Waals surface area contributed by atoms with Gasteiger partial charge in [-0.15, -0.1) is 11.3 Å². The van der Waals surface area contributed by atoms with Crippen molar-refractivity contribution >= 4 is 27.3 Å². The van der Waals surface area contributed by atoms with Crippen LogP contribution in [-0.2, 0) is 0 Å². The number of nitrogens with zero attached hydrogens (tertiary/aromatic N) is 1. The molecular weight excluding hydrogens is 286 g/mol. The Bertz CT molecular complexity index is 527. The van der Waals surface area contributed by atoms with E-state index < -0.39 is 6.10 Å². The van der Waals surface area contributed by atoms with Gasteiger partial charge in [-0.05, 0) is 45.1 Å². The van der Waals surface area contributed by atoms with Gasteiger partial charge in [0.2, 0.25) is 0 Å². The fourth-order valence-electron chi connectivity index (χ4n) is 1.39. The highest BCUT2D eigenvalue weighted by Crippen LogP contribution is 2.32. The molecule has 0 radical (unpaired) electrons. The Morgan fingerprint density at radius 1 is 1.25 bits per heavy atom. The molecule has 1 heterocycles. The molecule has 2 aromatic rings. The molecule has 0 saturated heterocycles. The molecular formula is C12H8BrNOS. The van der Waals surface area contributed by atoms with Gasteiger partial charge >= 0.3 is 0 Å². The molecule has 1 N–H and O–H groups in total. The normalized spacial score (nSPS) is 12.1. The number of thiophene rings is 1. The molecule has 0 aliphatic carbocycles. The lowest BCUT2D eigenvalue weighted by Crippen LogP contribution is -1.97. The van der Waals surface area contributed by atoms with Crippen molar-refractivity contribution in [3.63, 3.8) is 0 Å². The first-order valence-corrected chi connectivity index (χ1v) is 6.30. The van der Waals surface area contributed by atoms with E-state index >= 15 is 0 Å². The maximum Gasteiger partial charge on any atom is 0.114 e. The summed E-state index contributed by atoms with van der Waals surface area (Å²) in [7, 11) is 0. The fourth-order valence-corrected chi connectivity index (χ4v) is 2.99. The van der Waals surface area contributed by atoms with Gasteiger partial charge in [-0.3, -0.25) is 0 Å². The van der Waals surface area contributed by atoms with Gasteiger partial charge in [0.25, 0.3) is 0 Å². The van der Waals surface area contributed by atoms with E-state index in [-0.39, 0.29) is 0 Å². The summed E-state index contributed by atoms with van der Waals surface area (Å²) in [5.41, 5.74) is 1.39. The molecule has 2 rings (SSSR count). The molecule has 1 unspecified atom stereocenters. The van der Waals surface area contributed by atoms with Gasteiger partial charge < -0.3 is 5.11 Å². The highest BCUT2D eigenvalue weighted by molar-refractivity contribution is 9.10. The molecule has 16 heavy (non-hydrogen) atoms. The van der Waals surface area contributed by atoms with E-state index in [1.165, 1.54) is 11.3 Å². The average Bonchev–Trinajstić information content (AvgIpc) is 2.75. The largest absolute Gasteiger partial charge is 0.383 e. The Labute approximate surface area is 106 Å². The van der Waals surface area contributed by atoms with Crippen molar-refractivity contribution in [3.8, 4) is 6.07 Å². The van der Waals surface area contributed by atoms with Crippen LogP contribution >= 0.6 is 27.3 Å². The number of benzene rings is 1. The lowest BCUT2D eigenvalue weighted by Gasteiger charge is -2.09. The van der Waals surface area contributed by atoms with Gasteiger partial charge in [-0.1, -0.05) is 12.1 Å². The molecule has 0 aliphatic heterocycles. The third-order valence-electron chi connectivity index (χ3n) is 2.25. The summed E-state index contributed by atoms with van der Waals surface area (Å²) in [5, 5.41) is 20.7. The molecule has 80 valence electrons. The summed E-state index contributed by atoms with van der Waals surface area (Å²) in [4.78, 5) is 0.879. The van der Waals surface area contributed by atoms with Crippen molar-refractivity contribution in [1.82, 2.24) is 0 Å². The number of aliphatic hydroxyl groups is 1. The van der Waals surface area contributed by atoms with Crippen molar-refractivity contribution in [3.05, 3.63) is 56.2 Å². The molecule has 1 aromatic heterocycles.